The van der Waals surface area contributed by atoms with Crippen LogP contribution in [0.4, 0.5) is 10.5 Å². The van der Waals surface area contributed by atoms with Crippen LogP contribution in [0.3, 0.4) is 0 Å². The second-order valence-corrected chi connectivity index (χ2v) is 7.82. The fourth-order valence-corrected chi connectivity index (χ4v) is 4.11. The number of urea groups is 1. The molecule has 3 amide bonds. The minimum atomic E-state index is -0.985. The van der Waals surface area contributed by atoms with Gasteiger partial charge in [-0.3, -0.25) is 4.79 Å². The van der Waals surface area contributed by atoms with Crippen molar-refractivity contribution in [1.29, 1.82) is 0 Å². The van der Waals surface area contributed by atoms with Gasteiger partial charge in [0.05, 0.1) is 5.69 Å². The predicted octanol–water partition coefficient (Wildman–Crippen LogP) is 5.17. The summed E-state index contributed by atoms with van der Waals surface area (Å²) in [7, 11) is 0. The lowest BCUT2D eigenvalue weighted by Gasteiger charge is -2.34. The molecule has 0 radical (unpaired) electrons. The summed E-state index contributed by atoms with van der Waals surface area (Å²) < 4.78 is 0. The minimum absolute atomic E-state index is 0.139. The van der Waals surface area contributed by atoms with Crippen molar-refractivity contribution < 1.29 is 9.59 Å². The standard InChI is InChI=1S/C20H20Cl2N2O2/c1-13(2)24-19(26)23(17-10-15(21)9-16(22)11-17)18(25)20(24,3)12-14-7-5-4-6-8-14/h4-11,13H,12H2,1-3H3. The Morgan fingerprint density at radius 3 is 2.12 bits per heavy atom. The monoisotopic (exact) mass is 390 g/mol. The molecule has 1 aliphatic rings. The van der Waals surface area contributed by atoms with Gasteiger partial charge in [0.25, 0.3) is 5.91 Å². The Kier molecular flexibility index (Phi) is 5.00. The molecule has 1 saturated heterocycles. The molecule has 0 aromatic heterocycles. The lowest BCUT2D eigenvalue weighted by atomic mass is 9.90. The molecule has 1 atom stereocenters. The number of carbonyl (C=O) groups is 2. The van der Waals surface area contributed by atoms with Gasteiger partial charge in [0.2, 0.25) is 0 Å². The molecule has 1 aliphatic heterocycles. The maximum atomic E-state index is 13.4. The van der Waals surface area contributed by atoms with E-state index in [2.05, 4.69) is 0 Å². The van der Waals surface area contributed by atoms with Crippen molar-refractivity contribution in [3.8, 4) is 0 Å². The zero-order chi connectivity index (χ0) is 19.1. The molecule has 2 aromatic carbocycles. The smallest absolute Gasteiger partial charge is 0.307 e. The van der Waals surface area contributed by atoms with Gasteiger partial charge >= 0.3 is 6.03 Å². The van der Waals surface area contributed by atoms with Gasteiger partial charge in [0, 0.05) is 22.5 Å². The van der Waals surface area contributed by atoms with E-state index in [1.165, 1.54) is 4.90 Å². The average molecular weight is 391 g/mol. The Hall–Kier alpha value is -2.04. The average Bonchev–Trinajstić information content (AvgIpc) is 2.73. The van der Waals surface area contributed by atoms with E-state index in [1.54, 1.807) is 23.1 Å². The predicted molar refractivity (Wildman–Crippen MR) is 105 cm³/mol. The fraction of sp³-hybridized carbons (Fsp3) is 0.300. The van der Waals surface area contributed by atoms with E-state index in [-0.39, 0.29) is 18.0 Å². The zero-order valence-corrected chi connectivity index (χ0v) is 16.4. The highest BCUT2D eigenvalue weighted by Crippen LogP contribution is 2.37. The third kappa shape index (κ3) is 3.19. The summed E-state index contributed by atoms with van der Waals surface area (Å²) in [6.45, 7) is 5.62. The van der Waals surface area contributed by atoms with Crippen molar-refractivity contribution in [2.75, 3.05) is 4.90 Å². The Balaban J connectivity index is 2.07. The summed E-state index contributed by atoms with van der Waals surface area (Å²) in [5.74, 6) is -0.279. The van der Waals surface area contributed by atoms with E-state index < -0.39 is 5.54 Å². The number of hydrogen-bond acceptors (Lipinski definition) is 2. The van der Waals surface area contributed by atoms with Crippen LogP contribution in [0.1, 0.15) is 26.3 Å². The van der Waals surface area contributed by atoms with Crippen molar-refractivity contribution in [2.45, 2.75) is 38.8 Å². The Labute approximate surface area is 163 Å². The second kappa shape index (κ2) is 6.93. The van der Waals surface area contributed by atoms with Gasteiger partial charge in [-0.2, -0.15) is 0 Å². The zero-order valence-electron chi connectivity index (χ0n) is 14.9. The number of halogens is 2. The van der Waals surface area contributed by atoms with Gasteiger partial charge in [-0.15, -0.1) is 0 Å². The third-order valence-electron chi connectivity index (χ3n) is 4.61. The van der Waals surface area contributed by atoms with Crippen LogP contribution >= 0.6 is 23.2 Å². The molecular formula is C20H20Cl2N2O2. The van der Waals surface area contributed by atoms with Crippen LogP contribution in [-0.4, -0.2) is 28.4 Å². The van der Waals surface area contributed by atoms with Crippen molar-refractivity contribution in [3.05, 3.63) is 64.1 Å². The van der Waals surface area contributed by atoms with Crippen LogP contribution in [0.25, 0.3) is 0 Å². The first-order chi connectivity index (χ1) is 12.2. The van der Waals surface area contributed by atoms with Gasteiger partial charge in [-0.05, 0) is 44.5 Å². The molecule has 0 N–H and O–H groups in total. The molecule has 136 valence electrons. The highest BCUT2D eigenvalue weighted by molar-refractivity contribution is 6.35. The maximum absolute atomic E-state index is 13.4. The first-order valence-corrected chi connectivity index (χ1v) is 9.17. The molecule has 3 rings (SSSR count). The maximum Gasteiger partial charge on any atom is 0.332 e. The van der Waals surface area contributed by atoms with Crippen molar-refractivity contribution in [3.63, 3.8) is 0 Å². The fourth-order valence-electron chi connectivity index (χ4n) is 3.59. The summed E-state index contributed by atoms with van der Waals surface area (Å²) in [5, 5.41) is 0.752. The summed E-state index contributed by atoms with van der Waals surface area (Å²) in [5.41, 5.74) is 0.397. The number of nitrogens with zero attached hydrogens (tertiary/aromatic N) is 2. The van der Waals surface area contributed by atoms with Gasteiger partial charge in [0.1, 0.15) is 5.54 Å². The molecule has 1 fully saturated rings. The minimum Gasteiger partial charge on any atom is -0.307 e. The van der Waals surface area contributed by atoms with Crippen LogP contribution in [0, 0.1) is 0 Å². The number of benzene rings is 2. The van der Waals surface area contributed by atoms with Crippen molar-refractivity contribution in [2.24, 2.45) is 0 Å². The number of amides is 3. The van der Waals surface area contributed by atoms with E-state index in [0.717, 1.165) is 5.56 Å². The first-order valence-electron chi connectivity index (χ1n) is 8.42. The molecule has 0 aliphatic carbocycles. The van der Waals surface area contributed by atoms with E-state index in [1.807, 2.05) is 51.1 Å². The van der Waals surface area contributed by atoms with E-state index in [0.29, 0.717) is 22.2 Å². The second-order valence-electron chi connectivity index (χ2n) is 6.95. The lowest BCUT2D eigenvalue weighted by Crippen LogP contribution is -2.51. The van der Waals surface area contributed by atoms with Crippen LogP contribution in [-0.2, 0) is 11.2 Å². The number of imide groups is 1. The number of rotatable bonds is 4. The van der Waals surface area contributed by atoms with Crippen LogP contribution in [0.5, 0.6) is 0 Å². The largest absolute Gasteiger partial charge is 0.332 e. The summed E-state index contributed by atoms with van der Waals surface area (Å²) in [6.07, 6.45) is 0.432. The van der Waals surface area contributed by atoms with Crippen LogP contribution in [0.15, 0.2) is 48.5 Å². The molecule has 0 spiro atoms. The van der Waals surface area contributed by atoms with E-state index in [9.17, 15) is 9.59 Å². The summed E-state index contributed by atoms with van der Waals surface area (Å²) in [4.78, 5) is 29.3. The van der Waals surface area contributed by atoms with Crippen molar-refractivity contribution >= 4 is 40.8 Å². The Morgan fingerprint density at radius 2 is 1.58 bits per heavy atom. The number of hydrogen-bond donors (Lipinski definition) is 0. The number of anilines is 1. The highest BCUT2D eigenvalue weighted by Gasteiger charge is 2.55. The van der Waals surface area contributed by atoms with Crippen molar-refractivity contribution in [1.82, 2.24) is 4.90 Å². The lowest BCUT2D eigenvalue weighted by molar-refractivity contribution is -0.124. The van der Waals surface area contributed by atoms with E-state index in [4.69, 9.17) is 23.2 Å². The molecule has 26 heavy (non-hydrogen) atoms. The quantitative estimate of drug-likeness (QED) is 0.675. The van der Waals surface area contributed by atoms with Crippen LogP contribution < -0.4 is 4.90 Å². The van der Waals surface area contributed by atoms with Crippen LogP contribution in [0.2, 0.25) is 10.0 Å². The topological polar surface area (TPSA) is 40.6 Å². The summed E-state index contributed by atoms with van der Waals surface area (Å²) in [6, 6.07) is 13.9. The van der Waals surface area contributed by atoms with Gasteiger partial charge in [-0.1, -0.05) is 53.5 Å². The molecule has 6 heteroatoms. The highest BCUT2D eigenvalue weighted by atomic mass is 35.5. The SMILES string of the molecule is CC(C)N1C(=O)N(c2cc(Cl)cc(Cl)c2)C(=O)C1(C)Cc1ccccc1. The molecule has 0 bridgehead atoms. The van der Waals surface area contributed by atoms with Gasteiger partial charge in [-0.25, -0.2) is 9.69 Å². The molecular weight excluding hydrogens is 371 g/mol. The normalized spacial score (nSPS) is 20.4. The van der Waals surface area contributed by atoms with Gasteiger partial charge in [0.15, 0.2) is 0 Å². The van der Waals surface area contributed by atoms with Gasteiger partial charge < -0.3 is 4.90 Å². The molecule has 1 heterocycles. The third-order valence-corrected chi connectivity index (χ3v) is 5.04. The molecule has 2 aromatic rings. The first kappa shape index (κ1) is 18.7. The van der Waals surface area contributed by atoms with E-state index >= 15 is 0 Å². The Morgan fingerprint density at radius 1 is 1.00 bits per heavy atom. The molecule has 1 unspecified atom stereocenters. The Bertz CT molecular complexity index is 834. The molecule has 0 saturated carbocycles. The molecule has 4 nitrogen and oxygen atoms in total. The number of carbonyl (C=O) groups excluding carboxylic acids is 2. The summed E-state index contributed by atoms with van der Waals surface area (Å²) >= 11 is 12.2.